The summed E-state index contributed by atoms with van der Waals surface area (Å²) in [6, 6.07) is 15.8. The lowest BCUT2D eigenvalue weighted by Crippen LogP contribution is -2.30. The van der Waals surface area contributed by atoms with E-state index in [1.807, 2.05) is 12.1 Å². The SMILES string of the molecule is Fc1ccc(CC2=C(CCN3CCCCC3)c3ccccc3C2)cc1. The molecule has 0 N–H and O–H groups in total. The van der Waals surface area contributed by atoms with Gasteiger partial charge in [0.25, 0.3) is 0 Å². The standard InChI is InChI=1S/C23H26FN/c24-21-10-8-18(9-11-21)16-20-17-19-6-2-3-7-22(19)23(20)12-15-25-13-4-1-5-14-25/h2-3,6-11H,1,4-5,12-17H2. The number of piperidine rings is 1. The van der Waals surface area contributed by atoms with Gasteiger partial charge in [-0.2, -0.15) is 0 Å². The second kappa shape index (κ2) is 7.53. The van der Waals surface area contributed by atoms with Crippen LogP contribution in [0.4, 0.5) is 4.39 Å². The number of benzene rings is 2. The van der Waals surface area contributed by atoms with Crippen LogP contribution in [0, 0.1) is 5.82 Å². The predicted molar refractivity (Wildman–Crippen MR) is 102 cm³/mol. The molecular formula is C23H26FN. The minimum Gasteiger partial charge on any atom is -0.303 e. The van der Waals surface area contributed by atoms with Crippen molar-refractivity contribution in [2.75, 3.05) is 19.6 Å². The Kier molecular flexibility index (Phi) is 4.98. The Morgan fingerprint density at radius 3 is 2.44 bits per heavy atom. The summed E-state index contributed by atoms with van der Waals surface area (Å²) in [5.74, 6) is -0.155. The van der Waals surface area contributed by atoms with E-state index >= 15 is 0 Å². The zero-order valence-corrected chi connectivity index (χ0v) is 14.8. The number of fused-ring (bicyclic) bond motifs is 1. The van der Waals surface area contributed by atoms with Crippen molar-refractivity contribution in [2.45, 2.75) is 38.5 Å². The van der Waals surface area contributed by atoms with Gasteiger partial charge < -0.3 is 4.90 Å². The summed E-state index contributed by atoms with van der Waals surface area (Å²) in [6.45, 7) is 3.67. The van der Waals surface area contributed by atoms with E-state index in [-0.39, 0.29) is 5.82 Å². The fraction of sp³-hybridized carbons (Fsp3) is 0.391. The van der Waals surface area contributed by atoms with Gasteiger partial charge in [0.15, 0.2) is 0 Å². The number of hydrogen-bond donors (Lipinski definition) is 0. The summed E-state index contributed by atoms with van der Waals surface area (Å²) < 4.78 is 13.2. The third-order valence-corrected chi connectivity index (χ3v) is 5.63. The quantitative estimate of drug-likeness (QED) is 0.721. The molecular weight excluding hydrogens is 309 g/mol. The van der Waals surface area contributed by atoms with E-state index in [0.29, 0.717) is 0 Å². The van der Waals surface area contributed by atoms with Crippen LogP contribution in [-0.4, -0.2) is 24.5 Å². The summed E-state index contributed by atoms with van der Waals surface area (Å²) in [7, 11) is 0. The van der Waals surface area contributed by atoms with Crippen LogP contribution in [0.15, 0.2) is 54.1 Å². The molecule has 0 atom stereocenters. The average Bonchev–Trinajstić information content (AvgIpc) is 3.00. The van der Waals surface area contributed by atoms with Gasteiger partial charge in [0.2, 0.25) is 0 Å². The molecule has 2 aromatic carbocycles. The lowest BCUT2D eigenvalue weighted by molar-refractivity contribution is 0.234. The molecule has 1 saturated heterocycles. The van der Waals surface area contributed by atoms with Crippen molar-refractivity contribution in [3.05, 3.63) is 76.6 Å². The van der Waals surface area contributed by atoms with Crippen molar-refractivity contribution in [3.8, 4) is 0 Å². The van der Waals surface area contributed by atoms with Crippen LogP contribution in [0.25, 0.3) is 5.57 Å². The van der Waals surface area contributed by atoms with Crippen molar-refractivity contribution in [1.29, 1.82) is 0 Å². The van der Waals surface area contributed by atoms with E-state index in [4.69, 9.17) is 0 Å². The van der Waals surface area contributed by atoms with Crippen LogP contribution >= 0.6 is 0 Å². The van der Waals surface area contributed by atoms with Crippen molar-refractivity contribution in [1.82, 2.24) is 4.90 Å². The molecule has 0 aromatic heterocycles. The maximum atomic E-state index is 13.2. The van der Waals surface area contributed by atoms with Crippen LogP contribution in [0.1, 0.15) is 42.4 Å². The summed E-state index contributed by atoms with van der Waals surface area (Å²) in [6.07, 6.45) is 7.19. The highest BCUT2D eigenvalue weighted by atomic mass is 19.1. The van der Waals surface area contributed by atoms with Crippen LogP contribution in [0.3, 0.4) is 0 Å². The predicted octanol–water partition coefficient (Wildman–Crippen LogP) is 5.25. The smallest absolute Gasteiger partial charge is 0.123 e. The molecule has 1 aliphatic carbocycles. The monoisotopic (exact) mass is 335 g/mol. The topological polar surface area (TPSA) is 3.24 Å². The Bertz CT molecular complexity index is 754. The van der Waals surface area contributed by atoms with Crippen LogP contribution in [0.2, 0.25) is 0 Å². The van der Waals surface area contributed by atoms with E-state index in [9.17, 15) is 4.39 Å². The highest BCUT2D eigenvalue weighted by molar-refractivity contribution is 5.77. The molecule has 1 nitrogen and oxygen atoms in total. The van der Waals surface area contributed by atoms with Gasteiger partial charge in [0.05, 0.1) is 0 Å². The molecule has 0 unspecified atom stereocenters. The van der Waals surface area contributed by atoms with Gasteiger partial charge in [-0.1, -0.05) is 48.4 Å². The highest BCUT2D eigenvalue weighted by Gasteiger charge is 2.22. The van der Waals surface area contributed by atoms with Crippen LogP contribution in [-0.2, 0) is 12.8 Å². The van der Waals surface area contributed by atoms with Crippen LogP contribution in [0.5, 0.6) is 0 Å². The molecule has 1 aliphatic heterocycles. The van der Waals surface area contributed by atoms with Crippen molar-refractivity contribution >= 4 is 5.57 Å². The second-order valence-corrected chi connectivity index (χ2v) is 7.37. The maximum absolute atomic E-state index is 13.2. The van der Waals surface area contributed by atoms with E-state index in [2.05, 4.69) is 29.2 Å². The molecule has 0 spiro atoms. The van der Waals surface area contributed by atoms with Gasteiger partial charge in [-0.3, -0.25) is 0 Å². The number of likely N-dealkylation sites (tertiary alicyclic amines) is 1. The van der Waals surface area contributed by atoms with E-state index in [1.54, 1.807) is 12.1 Å². The summed E-state index contributed by atoms with van der Waals surface area (Å²) in [4.78, 5) is 2.62. The fourth-order valence-corrected chi connectivity index (χ4v) is 4.28. The maximum Gasteiger partial charge on any atom is 0.123 e. The minimum atomic E-state index is -0.155. The van der Waals surface area contributed by atoms with E-state index < -0.39 is 0 Å². The zero-order valence-electron chi connectivity index (χ0n) is 14.8. The molecule has 0 bridgehead atoms. The lowest BCUT2D eigenvalue weighted by Gasteiger charge is -2.26. The van der Waals surface area contributed by atoms with Gasteiger partial charge in [-0.05, 0) is 79.6 Å². The normalized spacial score (nSPS) is 17.8. The first-order valence-corrected chi connectivity index (χ1v) is 9.55. The summed E-state index contributed by atoms with van der Waals surface area (Å²) in [5, 5.41) is 0. The number of allylic oxidation sites excluding steroid dienone is 1. The Morgan fingerprint density at radius 1 is 0.880 bits per heavy atom. The largest absolute Gasteiger partial charge is 0.303 e. The molecule has 2 heteroatoms. The first kappa shape index (κ1) is 16.5. The Labute approximate surface area is 150 Å². The third-order valence-electron chi connectivity index (χ3n) is 5.63. The minimum absolute atomic E-state index is 0.155. The second-order valence-electron chi connectivity index (χ2n) is 7.37. The molecule has 4 rings (SSSR count). The van der Waals surface area contributed by atoms with Crippen molar-refractivity contribution in [2.24, 2.45) is 0 Å². The first-order valence-electron chi connectivity index (χ1n) is 9.55. The molecule has 0 saturated carbocycles. The molecule has 0 amide bonds. The fourth-order valence-electron chi connectivity index (χ4n) is 4.28. The number of rotatable bonds is 5. The third kappa shape index (κ3) is 3.85. The Morgan fingerprint density at radius 2 is 1.64 bits per heavy atom. The first-order chi connectivity index (χ1) is 12.3. The van der Waals surface area contributed by atoms with E-state index in [0.717, 1.165) is 25.8 Å². The molecule has 1 fully saturated rings. The summed E-state index contributed by atoms with van der Waals surface area (Å²) >= 11 is 0. The Balaban J connectivity index is 1.54. The van der Waals surface area contributed by atoms with Gasteiger partial charge in [0, 0.05) is 6.54 Å². The zero-order chi connectivity index (χ0) is 17.1. The average molecular weight is 335 g/mol. The number of hydrogen-bond acceptors (Lipinski definition) is 1. The number of halogens is 1. The molecule has 130 valence electrons. The molecule has 1 heterocycles. The van der Waals surface area contributed by atoms with Gasteiger partial charge in [-0.15, -0.1) is 0 Å². The molecule has 0 radical (unpaired) electrons. The van der Waals surface area contributed by atoms with Crippen LogP contribution < -0.4 is 0 Å². The van der Waals surface area contributed by atoms with Gasteiger partial charge in [0.1, 0.15) is 5.82 Å². The van der Waals surface area contributed by atoms with Crippen molar-refractivity contribution in [3.63, 3.8) is 0 Å². The lowest BCUT2D eigenvalue weighted by atomic mass is 9.97. The molecule has 2 aliphatic rings. The molecule has 2 aromatic rings. The number of nitrogens with zero attached hydrogens (tertiary/aromatic N) is 1. The summed E-state index contributed by atoms with van der Waals surface area (Å²) in [5.41, 5.74) is 7.15. The molecule has 25 heavy (non-hydrogen) atoms. The Hall–Kier alpha value is -1.93. The van der Waals surface area contributed by atoms with Gasteiger partial charge >= 0.3 is 0 Å². The highest BCUT2D eigenvalue weighted by Crippen LogP contribution is 2.36. The van der Waals surface area contributed by atoms with E-state index in [1.165, 1.54) is 60.2 Å². The van der Waals surface area contributed by atoms with Gasteiger partial charge in [-0.25, -0.2) is 4.39 Å². The van der Waals surface area contributed by atoms with Crippen molar-refractivity contribution < 1.29 is 4.39 Å².